The lowest BCUT2D eigenvalue weighted by Crippen LogP contribution is -2.25. The van der Waals surface area contributed by atoms with Crippen LogP contribution < -0.4 is 5.43 Å². The first kappa shape index (κ1) is 18.8. The van der Waals surface area contributed by atoms with E-state index in [9.17, 15) is 9.90 Å². The molecule has 0 spiro atoms. The molecule has 2 aromatic rings. The summed E-state index contributed by atoms with van der Waals surface area (Å²) in [7, 11) is 0. The van der Waals surface area contributed by atoms with E-state index in [1.807, 2.05) is 36.6 Å². The number of benzene rings is 1. The summed E-state index contributed by atoms with van der Waals surface area (Å²) in [5, 5.41) is 24.1. The van der Waals surface area contributed by atoms with Crippen LogP contribution in [0.1, 0.15) is 57.6 Å². The molecule has 7 heteroatoms. The fraction of sp³-hybridized carbons (Fsp3) is 0.400. The second kappa shape index (κ2) is 8.16. The number of hydrazone groups is 1. The van der Waals surface area contributed by atoms with E-state index in [1.54, 1.807) is 6.21 Å². The predicted octanol–water partition coefficient (Wildman–Crippen LogP) is 3.58. The van der Waals surface area contributed by atoms with Gasteiger partial charge in [-0.2, -0.15) is 15.3 Å². The zero-order valence-corrected chi connectivity index (χ0v) is 16.0. The van der Waals surface area contributed by atoms with Crippen molar-refractivity contribution in [3.05, 3.63) is 29.3 Å². The van der Waals surface area contributed by atoms with Crippen LogP contribution in [0.5, 0.6) is 5.88 Å². The zero-order chi connectivity index (χ0) is 19.4. The van der Waals surface area contributed by atoms with Gasteiger partial charge in [-0.05, 0) is 38.0 Å². The summed E-state index contributed by atoms with van der Waals surface area (Å²) in [6.45, 7) is 6.67. The molecule has 0 atom stereocenters. The van der Waals surface area contributed by atoms with Crippen molar-refractivity contribution in [1.29, 1.82) is 0 Å². The quantitative estimate of drug-likeness (QED) is 0.603. The number of aromatic nitrogens is 1. The fourth-order valence-electron chi connectivity index (χ4n) is 3.27. The molecular weight excluding hydrogens is 342 g/mol. The van der Waals surface area contributed by atoms with Crippen LogP contribution in [0.25, 0.3) is 10.9 Å². The number of amides is 1. The van der Waals surface area contributed by atoms with Gasteiger partial charge in [-0.15, -0.1) is 0 Å². The van der Waals surface area contributed by atoms with Crippen LogP contribution in [0.2, 0.25) is 0 Å². The van der Waals surface area contributed by atoms with Gasteiger partial charge in [-0.3, -0.25) is 4.79 Å². The number of rotatable bonds is 6. The second-order valence-electron chi connectivity index (χ2n) is 6.64. The molecule has 0 saturated heterocycles. The van der Waals surface area contributed by atoms with E-state index in [-0.39, 0.29) is 11.8 Å². The van der Waals surface area contributed by atoms with Gasteiger partial charge in [0, 0.05) is 30.5 Å². The first-order valence-electron chi connectivity index (χ1n) is 9.32. The van der Waals surface area contributed by atoms with Crippen molar-refractivity contribution in [2.45, 2.75) is 53.0 Å². The number of aryl methyl sites for hydroxylation is 1. The maximum absolute atomic E-state index is 11.3. The maximum Gasteiger partial charge on any atom is 0.240 e. The number of nitrogens with zero attached hydrogens (tertiary/aromatic N) is 4. The van der Waals surface area contributed by atoms with E-state index in [2.05, 4.69) is 27.7 Å². The minimum Gasteiger partial charge on any atom is -0.494 e. The molecule has 27 heavy (non-hydrogen) atoms. The molecule has 0 bridgehead atoms. The average Bonchev–Trinajstić information content (AvgIpc) is 2.93. The molecule has 7 nitrogen and oxygen atoms in total. The largest absolute Gasteiger partial charge is 0.494 e. The van der Waals surface area contributed by atoms with Crippen LogP contribution in [0.4, 0.5) is 0 Å². The van der Waals surface area contributed by atoms with E-state index in [4.69, 9.17) is 0 Å². The van der Waals surface area contributed by atoms with Gasteiger partial charge in [-0.1, -0.05) is 19.4 Å². The summed E-state index contributed by atoms with van der Waals surface area (Å²) in [5.74, 6) is 0.110. The highest BCUT2D eigenvalue weighted by atomic mass is 16.3. The molecule has 0 unspecified atom stereocenters. The topological polar surface area (TPSA) is 91.3 Å². The Hall–Kier alpha value is -2.96. The molecule has 1 aromatic heterocycles. The van der Waals surface area contributed by atoms with Crippen molar-refractivity contribution in [3.63, 3.8) is 0 Å². The standard InChI is InChI=1S/C20H25N5O2/c1-4-6-13(3)22-21-12-16-15-11-14(17-8-10-19(26)24-23-17)7-9-18(15)25(5-2)20(16)27/h7,9,11-12,27H,4-6,8,10H2,1-3H3,(H,24,26)/b21-12+,22-13+. The molecule has 1 amide bonds. The van der Waals surface area contributed by atoms with Crippen LogP contribution in [-0.4, -0.2) is 33.2 Å². The van der Waals surface area contributed by atoms with Crippen molar-refractivity contribution in [2.75, 3.05) is 0 Å². The van der Waals surface area contributed by atoms with Gasteiger partial charge in [0.15, 0.2) is 0 Å². The molecule has 142 valence electrons. The van der Waals surface area contributed by atoms with Crippen molar-refractivity contribution in [2.24, 2.45) is 15.3 Å². The number of carbonyl (C=O) groups is 1. The normalized spacial score (nSPS) is 15.4. The molecule has 3 rings (SSSR count). The maximum atomic E-state index is 11.3. The smallest absolute Gasteiger partial charge is 0.240 e. The van der Waals surface area contributed by atoms with Crippen molar-refractivity contribution in [1.82, 2.24) is 9.99 Å². The minimum atomic E-state index is -0.0669. The number of carbonyl (C=O) groups excluding carboxylic acids is 1. The second-order valence-corrected chi connectivity index (χ2v) is 6.64. The predicted molar refractivity (Wildman–Crippen MR) is 109 cm³/mol. The third kappa shape index (κ3) is 3.92. The average molecular weight is 367 g/mol. The van der Waals surface area contributed by atoms with Crippen LogP contribution in [0, 0.1) is 0 Å². The van der Waals surface area contributed by atoms with Gasteiger partial charge in [0.2, 0.25) is 11.8 Å². The van der Waals surface area contributed by atoms with E-state index in [0.29, 0.717) is 24.9 Å². The monoisotopic (exact) mass is 367 g/mol. The van der Waals surface area contributed by atoms with Crippen LogP contribution in [-0.2, 0) is 11.3 Å². The summed E-state index contributed by atoms with van der Waals surface area (Å²) >= 11 is 0. The van der Waals surface area contributed by atoms with E-state index >= 15 is 0 Å². The molecule has 0 saturated carbocycles. The lowest BCUT2D eigenvalue weighted by Gasteiger charge is -2.12. The summed E-state index contributed by atoms with van der Waals surface area (Å²) in [6, 6.07) is 5.92. The first-order chi connectivity index (χ1) is 13.0. The SMILES string of the molecule is CCC/C(C)=N/N=C/c1c(O)n(CC)c2ccc(C3=NNC(=O)CC3)cc12. The lowest BCUT2D eigenvalue weighted by atomic mass is 10.0. The highest BCUT2D eigenvalue weighted by Crippen LogP contribution is 2.31. The lowest BCUT2D eigenvalue weighted by molar-refractivity contribution is -0.121. The molecular formula is C20H25N5O2. The summed E-state index contributed by atoms with van der Waals surface area (Å²) in [6.07, 6.45) is 4.56. The molecule has 0 aliphatic carbocycles. The van der Waals surface area contributed by atoms with Gasteiger partial charge in [0.05, 0.1) is 23.0 Å². The molecule has 1 aliphatic rings. The number of aromatic hydroxyl groups is 1. The van der Waals surface area contributed by atoms with Crippen molar-refractivity contribution in [3.8, 4) is 5.88 Å². The Bertz CT molecular complexity index is 953. The van der Waals surface area contributed by atoms with Gasteiger partial charge in [-0.25, -0.2) is 5.43 Å². The Morgan fingerprint density at radius 1 is 1.37 bits per heavy atom. The van der Waals surface area contributed by atoms with E-state index in [1.165, 1.54) is 0 Å². The fourth-order valence-corrected chi connectivity index (χ4v) is 3.27. The number of hydrogen-bond donors (Lipinski definition) is 2. The highest BCUT2D eigenvalue weighted by Gasteiger charge is 2.18. The molecule has 2 N–H and O–H groups in total. The zero-order valence-electron chi connectivity index (χ0n) is 16.0. The number of nitrogens with one attached hydrogen (secondary N) is 1. The van der Waals surface area contributed by atoms with Gasteiger partial charge >= 0.3 is 0 Å². The van der Waals surface area contributed by atoms with Gasteiger partial charge in [0.1, 0.15) is 0 Å². The minimum absolute atomic E-state index is 0.0669. The number of fused-ring (bicyclic) bond motifs is 1. The first-order valence-corrected chi connectivity index (χ1v) is 9.32. The Kier molecular flexibility index (Phi) is 5.69. The third-order valence-electron chi connectivity index (χ3n) is 4.66. The molecule has 0 radical (unpaired) electrons. The van der Waals surface area contributed by atoms with Crippen LogP contribution in [0.3, 0.4) is 0 Å². The summed E-state index contributed by atoms with van der Waals surface area (Å²) in [5.41, 5.74) is 6.82. The Morgan fingerprint density at radius 2 is 2.19 bits per heavy atom. The van der Waals surface area contributed by atoms with Gasteiger partial charge < -0.3 is 9.67 Å². The Labute approximate surface area is 158 Å². The number of hydrogen-bond acceptors (Lipinski definition) is 5. The van der Waals surface area contributed by atoms with Crippen molar-refractivity contribution >= 4 is 34.4 Å². The third-order valence-corrected chi connectivity index (χ3v) is 4.66. The van der Waals surface area contributed by atoms with Crippen LogP contribution >= 0.6 is 0 Å². The highest BCUT2D eigenvalue weighted by molar-refractivity contribution is 6.09. The molecule has 1 aromatic carbocycles. The van der Waals surface area contributed by atoms with Crippen LogP contribution in [0.15, 0.2) is 33.5 Å². The van der Waals surface area contributed by atoms with Gasteiger partial charge in [0.25, 0.3) is 0 Å². The van der Waals surface area contributed by atoms with E-state index in [0.717, 1.165) is 40.7 Å². The molecule has 0 fully saturated rings. The summed E-state index contributed by atoms with van der Waals surface area (Å²) < 4.78 is 1.84. The molecule has 1 aliphatic heterocycles. The summed E-state index contributed by atoms with van der Waals surface area (Å²) in [4.78, 5) is 11.3. The Balaban J connectivity index is 2.05. The van der Waals surface area contributed by atoms with Crippen molar-refractivity contribution < 1.29 is 9.90 Å². The van der Waals surface area contributed by atoms with E-state index < -0.39 is 0 Å². The Morgan fingerprint density at radius 3 is 2.85 bits per heavy atom. The molecule has 2 heterocycles.